The van der Waals surface area contributed by atoms with Crippen LogP contribution in [-0.4, -0.2) is 38.6 Å². The van der Waals surface area contributed by atoms with E-state index >= 15 is 0 Å². The molecule has 0 aromatic heterocycles. The minimum Gasteiger partial charge on any atom is -0.375 e. The van der Waals surface area contributed by atoms with Crippen molar-refractivity contribution in [2.75, 3.05) is 26.8 Å². The zero-order chi connectivity index (χ0) is 13.5. The molecular weight excluding hydrogens is 220 g/mol. The Morgan fingerprint density at radius 3 is 2.00 bits per heavy atom. The lowest BCUT2D eigenvalue weighted by Crippen LogP contribution is -2.28. The summed E-state index contributed by atoms with van der Waals surface area (Å²) in [5, 5.41) is 5.45. The Balaban J connectivity index is 0. The molecule has 0 spiro atoms. The highest BCUT2D eigenvalue weighted by molar-refractivity contribution is 5.77. The zero-order valence-corrected chi connectivity index (χ0v) is 11.5. The molecule has 102 valence electrons. The first kappa shape index (κ1) is 18.3. The van der Waals surface area contributed by atoms with E-state index < -0.39 is 0 Å². The zero-order valence-electron chi connectivity index (χ0n) is 11.5. The van der Waals surface area contributed by atoms with Crippen LogP contribution < -0.4 is 10.6 Å². The van der Waals surface area contributed by atoms with Crippen LogP contribution in [0.4, 0.5) is 0 Å². The average Bonchev–Trinajstić information content (AvgIpc) is 2.30. The number of rotatable bonds is 8. The number of methoxy groups -OCH3 is 1. The quantitative estimate of drug-likeness (QED) is 0.630. The first-order valence-electron chi connectivity index (χ1n) is 6.17. The minimum absolute atomic E-state index is 0.00315. The molecule has 17 heavy (non-hydrogen) atoms. The number of hydrogen-bond acceptors (Lipinski definition) is 3. The molecule has 0 aromatic rings. The molecule has 0 heterocycles. The van der Waals surface area contributed by atoms with E-state index in [9.17, 15) is 9.59 Å². The number of ether oxygens (including phenoxy) is 1. The van der Waals surface area contributed by atoms with Gasteiger partial charge in [0.2, 0.25) is 11.8 Å². The van der Waals surface area contributed by atoms with Crippen LogP contribution in [0.5, 0.6) is 0 Å². The normalized spacial score (nSPS) is 8.94. The SMILES string of the molecule is CC.COCC(=O)NCCCCCNC(C)=O. The molecule has 0 unspecified atom stereocenters. The van der Waals surface area contributed by atoms with Crippen LogP contribution in [0.2, 0.25) is 0 Å². The summed E-state index contributed by atoms with van der Waals surface area (Å²) in [6.45, 7) is 7.00. The maximum Gasteiger partial charge on any atom is 0.245 e. The van der Waals surface area contributed by atoms with Crippen molar-refractivity contribution in [3.8, 4) is 0 Å². The van der Waals surface area contributed by atoms with Gasteiger partial charge in [-0.2, -0.15) is 0 Å². The summed E-state index contributed by atoms with van der Waals surface area (Å²) in [6, 6.07) is 0. The van der Waals surface area contributed by atoms with Gasteiger partial charge in [-0.3, -0.25) is 9.59 Å². The van der Waals surface area contributed by atoms with Gasteiger partial charge in [0, 0.05) is 27.1 Å². The number of hydrogen-bond donors (Lipinski definition) is 2. The van der Waals surface area contributed by atoms with Crippen molar-refractivity contribution in [3.05, 3.63) is 0 Å². The molecule has 5 nitrogen and oxygen atoms in total. The van der Waals surface area contributed by atoms with E-state index in [1.54, 1.807) is 0 Å². The number of carbonyl (C=O) groups excluding carboxylic acids is 2. The summed E-state index contributed by atoms with van der Waals surface area (Å²) in [4.78, 5) is 21.4. The van der Waals surface area contributed by atoms with Crippen LogP contribution in [-0.2, 0) is 14.3 Å². The highest BCUT2D eigenvalue weighted by atomic mass is 16.5. The third-order valence-electron chi connectivity index (χ3n) is 1.83. The number of nitrogens with one attached hydrogen (secondary N) is 2. The van der Waals surface area contributed by atoms with Crippen molar-refractivity contribution < 1.29 is 14.3 Å². The molecule has 2 amide bonds. The Labute approximate surface area is 104 Å². The second-order valence-corrected chi connectivity index (χ2v) is 3.33. The van der Waals surface area contributed by atoms with Gasteiger partial charge in [0.05, 0.1) is 0 Å². The molecule has 0 fully saturated rings. The highest BCUT2D eigenvalue weighted by Crippen LogP contribution is 1.92. The van der Waals surface area contributed by atoms with Gasteiger partial charge >= 0.3 is 0 Å². The summed E-state index contributed by atoms with van der Waals surface area (Å²) < 4.78 is 4.67. The fraction of sp³-hybridized carbons (Fsp3) is 0.833. The predicted octanol–water partition coefficient (Wildman–Crippen LogP) is 1.08. The molecule has 0 rings (SSSR count). The molecule has 0 radical (unpaired) electrons. The van der Waals surface area contributed by atoms with Crippen molar-refractivity contribution in [2.45, 2.75) is 40.0 Å². The van der Waals surface area contributed by atoms with Crippen molar-refractivity contribution >= 4 is 11.8 Å². The summed E-state index contributed by atoms with van der Waals surface area (Å²) >= 11 is 0. The topological polar surface area (TPSA) is 67.4 Å². The Morgan fingerprint density at radius 2 is 1.53 bits per heavy atom. The van der Waals surface area contributed by atoms with Gasteiger partial charge in [-0.05, 0) is 19.3 Å². The Kier molecular flexibility index (Phi) is 16.0. The van der Waals surface area contributed by atoms with E-state index in [2.05, 4.69) is 15.4 Å². The molecule has 0 saturated carbocycles. The van der Waals surface area contributed by atoms with Crippen molar-refractivity contribution in [1.82, 2.24) is 10.6 Å². The largest absolute Gasteiger partial charge is 0.375 e. The monoisotopic (exact) mass is 246 g/mol. The standard InChI is InChI=1S/C10H20N2O3.C2H6/c1-9(13)11-6-4-3-5-7-12-10(14)8-15-2;1-2/h3-8H2,1-2H3,(H,11,13)(H,12,14);1-2H3. The van der Waals surface area contributed by atoms with Crippen LogP contribution in [0.3, 0.4) is 0 Å². The van der Waals surface area contributed by atoms with Gasteiger partial charge in [0.15, 0.2) is 0 Å². The molecular formula is C12H26N2O3. The number of carbonyl (C=O) groups is 2. The van der Waals surface area contributed by atoms with Gasteiger partial charge in [0.25, 0.3) is 0 Å². The van der Waals surface area contributed by atoms with Gasteiger partial charge in [-0.15, -0.1) is 0 Å². The molecule has 0 aliphatic heterocycles. The lowest BCUT2D eigenvalue weighted by molar-refractivity contribution is -0.124. The first-order chi connectivity index (χ1) is 8.16. The Morgan fingerprint density at radius 1 is 1.00 bits per heavy atom. The summed E-state index contributed by atoms with van der Waals surface area (Å²) in [6.07, 6.45) is 2.86. The first-order valence-corrected chi connectivity index (χ1v) is 6.17. The highest BCUT2D eigenvalue weighted by Gasteiger charge is 1.97. The van der Waals surface area contributed by atoms with Crippen LogP contribution >= 0.6 is 0 Å². The summed E-state index contributed by atoms with van der Waals surface area (Å²) in [5.41, 5.74) is 0. The second-order valence-electron chi connectivity index (χ2n) is 3.33. The minimum atomic E-state index is -0.0839. The van der Waals surface area contributed by atoms with Crippen LogP contribution in [0, 0.1) is 0 Å². The van der Waals surface area contributed by atoms with Crippen LogP contribution in [0.25, 0.3) is 0 Å². The molecule has 0 aromatic carbocycles. The third-order valence-corrected chi connectivity index (χ3v) is 1.83. The molecule has 0 bridgehead atoms. The van der Waals surface area contributed by atoms with Gasteiger partial charge < -0.3 is 15.4 Å². The molecule has 0 aliphatic carbocycles. The smallest absolute Gasteiger partial charge is 0.245 e. The molecule has 0 saturated heterocycles. The second kappa shape index (κ2) is 14.9. The maximum atomic E-state index is 10.9. The maximum absolute atomic E-state index is 10.9. The van der Waals surface area contributed by atoms with Crippen molar-refractivity contribution in [2.24, 2.45) is 0 Å². The van der Waals surface area contributed by atoms with E-state index in [1.165, 1.54) is 14.0 Å². The van der Waals surface area contributed by atoms with Gasteiger partial charge in [0.1, 0.15) is 6.61 Å². The average molecular weight is 246 g/mol. The summed E-state index contributed by atoms with van der Waals surface area (Å²) in [5.74, 6) is -0.0808. The van der Waals surface area contributed by atoms with Gasteiger partial charge in [-0.25, -0.2) is 0 Å². The Bertz CT molecular complexity index is 196. The van der Waals surface area contributed by atoms with Crippen molar-refractivity contribution in [1.29, 1.82) is 0 Å². The van der Waals surface area contributed by atoms with Crippen molar-refractivity contribution in [3.63, 3.8) is 0 Å². The van der Waals surface area contributed by atoms with E-state index in [4.69, 9.17) is 0 Å². The lowest BCUT2D eigenvalue weighted by Gasteiger charge is -2.04. The predicted molar refractivity (Wildman–Crippen MR) is 68.8 cm³/mol. The Hall–Kier alpha value is -1.10. The molecule has 2 N–H and O–H groups in total. The van der Waals surface area contributed by atoms with Crippen LogP contribution in [0.1, 0.15) is 40.0 Å². The van der Waals surface area contributed by atoms with E-state index in [0.717, 1.165) is 19.3 Å². The summed E-state index contributed by atoms with van der Waals surface area (Å²) in [7, 11) is 1.49. The number of unbranched alkanes of at least 4 members (excludes halogenated alkanes) is 2. The van der Waals surface area contributed by atoms with Gasteiger partial charge in [-0.1, -0.05) is 13.8 Å². The third kappa shape index (κ3) is 17.5. The fourth-order valence-electron chi connectivity index (χ4n) is 1.10. The van der Waals surface area contributed by atoms with E-state index in [1.807, 2.05) is 13.8 Å². The number of amides is 2. The lowest BCUT2D eigenvalue weighted by atomic mass is 10.2. The van der Waals surface area contributed by atoms with E-state index in [-0.39, 0.29) is 18.4 Å². The molecule has 0 atom stereocenters. The van der Waals surface area contributed by atoms with E-state index in [0.29, 0.717) is 13.1 Å². The van der Waals surface area contributed by atoms with Crippen LogP contribution in [0.15, 0.2) is 0 Å². The fourth-order valence-corrected chi connectivity index (χ4v) is 1.10. The molecule has 5 heteroatoms. The molecule has 0 aliphatic rings.